The molecule has 1 N–H and O–H groups in total. The molecule has 0 bridgehead atoms. The van der Waals surface area contributed by atoms with E-state index in [1.54, 1.807) is 0 Å². The zero-order valence-corrected chi connectivity index (χ0v) is 11.1. The Morgan fingerprint density at radius 2 is 1.83 bits per heavy atom. The van der Waals surface area contributed by atoms with Crippen LogP contribution in [0.3, 0.4) is 0 Å². The van der Waals surface area contributed by atoms with Crippen LogP contribution in [0.4, 0.5) is 0 Å². The molecule has 98 valence electrons. The molecule has 1 saturated carbocycles. The van der Waals surface area contributed by atoms with Gasteiger partial charge in [0.25, 0.3) is 0 Å². The van der Waals surface area contributed by atoms with Gasteiger partial charge in [0, 0.05) is 0 Å². The average Bonchev–Trinajstić information content (AvgIpc) is 2.45. The van der Waals surface area contributed by atoms with E-state index in [2.05, 4.69) is 30.3 Å². The molecule has 0 radical (unpaired) electrons. The summed E-state index contributed by atoms with van der Waals surface area (Å²) in [4.78, 5) is 0. The Bertz CT molecular complexity index is 349. The first-order valence-corrected chi connectivity index (χ1v) is 7.25. The summed E-state index contributed by atoms with van der Waals surface area (Å²) in [5.41, 5.74) is 1.31. The molecule has 1 heteroatoms. The molecule has 0 saturated heterocycles. The molecular weight excluding hydrogens is 220 g/mol. The fourth-order valence-electron chi connectivity index (χ4n) is 2.67. The lowest BCUT2D eigenvalue weighted by Gasteiger charge is -2.18. The molecule has 1 aromatic rings. The quantitative estimate of drug-likeness (QED) is 0.773. The van der Waals surface area contributed by atoms with Crippen molar-refractivity contribution in [2.75, 3.05) is 0 Å². The average molecular weight is 244 g/mol. The first-order valence-electron chi connectivity index (χ1n) is 7.25. The third kappa shape index (κ3) is 4.66. The van der Waals surface area contributed by atoms with E-state index in [4.69, 9.17) is 0 Å². The Hall–Kier alpha value is -1.08. The van der Waals surface area contributed by atoms with E-state index in [9.17, 15) is 5.11 Å². The predicted molar refractivity (Wildman–Crippen MR) is 76.5 cm³/mol. The van der Waals surface area contributed by atoms with Gasteiger partial charge in [0.2, 0.25) is 0 Å². The van der Waals surface area contributed by atoms with Gasteiger partial charge in [0.05, 0.1) is 6.10 Å². The van der Waals surface area contributed by atoms with Gasteiger partial charge in [-0.15, -0.1) is 0 Å². The molecule has 0 spiro atoms. The number of aryl methyl sites for hydroxylation is 1. The number of hydrogen-bond donors (Lipinski definition) is 1. The van der Waals surface area contributed by atoms with Crippen LogP contribution in [0.2, 0.25) is 0 Å². The molecule has 1 aromatic carbocycles. The number of allylic oxidation sites excluding steroid dienone is 1. The SMILES string of the molecule is OC(/C=C/C1CCCCC1)CCc1ccccc1. The summed E-state index contributed by atoms with van der Waals surface area (Å²) >= 11 is 0. The normalized spacial score (nSPS) is 19.2. The molecule has 2 rings (SSSR count). The zero-order valence-electron chi connectivity index (χ0n) is 11.1. The van der Waals surface area contributed by atoms with Crippen LogP contribution in [0, 0.1) is 5.92 Å². The first-order chi connectivity index (χ1) is 8.84. The lowest BCUT2D eigenvalue weighted by atomic mass is 9.88. The van der Waals surface area contributed by atoms with Crippen LogP contribution in [0.25, 0.3) is 0 Å². The number of rotatable bonds is 5. The molecule has 1 aliphatic rings. The number of hydrogen-bond acceptors (Lipinski definition) is 1. The van der Waals surface area contributed by atoms with Gasteiger partial charge >= 0.3 is 0 Å². The van der Waals surface area contributed by atoms with Crippen molar-refractivity contribution in [3.63, 3.8) is 0 Å². The lowest BCUT2D eigenvalue weighted by molar-refractivity contribution is 0.212. The van der Waals surface area contributed by atoms with E-state index >= 15 is 0 Å². The summed E-state index contributed by atoms with van der Waals surface area (Å²) in [5.74, 6) is 0.713. The molecule has 0 heterocycles. The molecule has 1 fully saturated rings. The van der Waals surface area contributed by atoms with E-state index in [0.29, 0.717) is 5.92 Å². The van der Waals surface area contributed by atoms with Crippen molar-refractivity contribution in [2.24, 2.45) is 5.92 Å². The summed E-state index contributed by atoms with van der Waals surface area (Å²) < 4.78 is 0. The van der Waals surface area contributed by atoms with Crippen LogP contribution in [0.1, 0.15) is 44.1 Å². The molecule has 0 amide bonds. The Kier molecular flexibility index (Phi) is 5.47. The van der Waals surface area contributed by atoms with Gasteiger partial charge in [-0.25, -0.2) is 0 Å². The van der Waals surface area contributed by atoms with Crippen LogP contribution in [0.5, 0.6) is 0 Å². The maximum atomic E-state index is 9.95. The van der Waals surface area contributed by atoms with Crippen LogP contribution in [-0.4, -0.2) is 11.2 Å². The highest BCUT2D eigenvalue weighted by molar-refractivity contribution is 5.15. The van der Waals surface area contributed by atoms with Crippen molar-refractivity contribution in [3.05, 3.63) is 48.0 Å². The summed E-state index contributed by atoms with van der Waals surface area (Å²) in [6, 6.07) is 10.4. The van der Waals surface area contributed by atoms with E-state index in [1.165, 1.54) is 37.7 Å². The minimum absolute atomic E-state index is 0.285. The Labute approximate surface area is 111 Å². The Balaban J connectivity index is 1.71. The highest BCUT2D eigenvalue weighted by Crippen LogP contribution is 2.24. The molecule has 0 aliphatic heterocycles. The molecule has 0 aromatic heterocycles. The number of benzene rings is 1. The van der Waals surface area contributed by atoms with Gasteiger partial charge in [-0.05, 0) is 37.2 Å². The van der Waals surface area contributed by atoms with E-state index < -0.39 is 0 Å². The minimum atomic E-state index is -0.285. The van der Waals surface area contributed by atoms with E-state index in [0.717, 1.165) is 12.8 Å². The maximum absolute atomic E-state index is 9.95. The predicted octanol–water partition coefficient (Wildman–Crippen LogP) is 4.12. The second-order valence-electron chi connectivity index (χ2n) is 5.37. The van der Waals surface area contributed by atoms with Crippen LogP contribution < -0.4 is 0 Å². The third-order valence-electron chi connectivity index (χ3n) is 3.83. The summed E-state index contributed by atoms with van der Waals surface area (Å²) in [7, 11) is 0. The van der Waals surface area contributed by atoms with Gasteiger partial charge in [-0.1, -0.05) is 61.7 Å². The van der Waals surface area contributed by atoms with Crippen LogP contribution >= 0.6 is 0 Å². The van der Waals surface area contributed by atoms with Gasteiger partial charge in [-0.2, -0.15) is 0 Å². The molecule has 1 unspecified atom stereocenters. The largest absolute Gasteiger partial charge is 0.389 e. The van der Waals surface area contributed by atoms with Crippen LogP contribution in [-0.2, 0) is 6.42 Å². The van der Waals surface area contributed by atoms with Crippen LogP contribution in [0.15, 0.2) is 42.5 Å². The van der Waals surface area contributed by atoms with E-state index in [-0.39, 0.29) is 6.10 Å². The second-order valence-corrected chi connectivity index (χ2v) is 5.37. The molecule has 1 nitrogen and oxygen atoms in total. The summed E-state index contributed by atoms with van der Waals surface area (Å²) in [6.45, 7) is 0. The van der Waals surface area contributed by atoms with Gasteiger partial charge in [-0.3, -0.25) is 0 Å². The Morgan fingerprint density at radius 3 is 2.56 bits per heavy atom. The lowest BCUT2D eigenvalue weighted by Crippen LogP contribution is -2.07. The Morgan fingerprint density at radius 1 is 1.11 bits per heavy atom. The molecule has 18 heavy (non-hydrogen) atoms. The zero-order chi connectivity index (χ0) is 12.6. The minimum Gasteiger partial charge on any atom is -0.389 e. The summed E-state index contributed by atoms with van der Waals surface area (Å²) in [5, 5.41) is 9.95. The fraction of sp³-hybridized carbons (Fsp3) is 0.529. The molecule has 1 atom stereocenters. The fourth-order valence-corrected chi connectivity index (χ4v) is 2.67. The number of aliphatic hydroxyl groups is 1. The second kappa shape index (κ2) is 7.38. The topological polar surface area (TPSA) is 20.2 Å². The smallest absolute Gasteiger partial charge is 0.0724 e. The van der Waals surface area contributed by atoms with Gasteiger partial charge in [0.15, 0.2) is 0 Å². The monoisotopic (exact) mass is 244 g/mol. The van der Waals surface area contributed by atoms with Crippen molar-refractivity contribution < 1.29 is 5.11 Å². The maximum Gasteiger partial charge on any atom is 0.0724 e. The van der Waals surface area contributed by atoms with Gasteiger partial charge < -0.3 is 5.11 Å². The molecular formula is C17H24O. The molecule has 1 aliphatic carbocycles. The van der Waals surface area contributed by atoms with Crippen molar-refractivity contribution >= 4 is 0 Å². The highest BCUT2D eigenvalue weighted by Gasteiger charge is 2.10. The third-order valence-corrected chi connectivity index (χ3v) is 3.83. The van der Waals surface area contributed by atoms with Gasteiger partial charge in [0.1, 0.15) is 0 Å². The first kappa shape index (κ1) is 13.4. The standard InChI is InChI=1S/C17H24O/c18-17(13-11-15-7-3-1-4-8-15)14-12-16-9-5-2-6-10-16/h1,3-4,7-8,12,14,16-18H,2,5-6,9-11,13H2/b14-12+. The summed E-state index contributed by atoms with van der Waals surface area (Å²) in [6.07, 6.45) is 12.5. The number of aliphatic hydroxyl groups excluding tert-OH is 1. The van der Waals surface area contributed by atoms with Crippen molar-refractivity contribution in [1.82, 2.24) is 0 Å². The van der Waals surface area contributed by atoms with Crippen molar-refractivity contribution in [3.8, 4) is 0 Å². The van der Waals surface area contributed by atoms with E-state index in [1.807, 2.05) is 12.1 Å². The van der Waals surface area contributed by atoms with Crippen molar-refractivity contribution in [2.45, 2.75) is 51.0 Å². The van der Waals surface area contributed by atoms with Crippen molar-refractivity contribution in [1.29, 1.82) is 0 Å². The highest BCUT2D eigenvalue weighted by atomic mass is 16.3.